The van der Waals surface area contributed by atoms with Crippen molar-refractivity contribution in [1.82, 2.24) is 9.55 Å². The normalized spacial score (nSPS) is 12.2. The van der Waals surface area contributed by atoms with Crippen LogP contribution in [0.15, 0.2) is 41.8 Å². The molecule has 0 saturated heterocycles. The number of aryl methyl sites for hydroxylation is 1. The second-order valence-electron chi connectivity index (χ2n) is 4.20. The van der Waals surface area contributed by atoms with Crippen molar-refractivity contribution in [3.63, 3.8) is 0 Å². The number of imidazole rings is 1. The minimum atomic E-state index is -0.282. The lowest BCUT2D eigenvalue weighted by Crippen LogP contribution is -2.15. The topological polar surface area (TPSA) is 44.1 Å². The first kappa shape index (κ1) is 13.7. The molecule has 19 heavy (non-hydrogen) atoms. The molecule has 0 aliphatic rings. The molecule has 0 aliphatic carbocycles. The van der Waals surface area contributed by atoms with Crippen molar-refractivity contribution in [2.24, 2.45) is 0 Å². The molecular formula is C14H16N2O2S. The number of benzene rings is 1. The summed E-state index contributed by atoms with van der Waals surface area (Å²) in [6.45, 7) is 3.86. The fourth-order valence-electron chi connectivity index (χ4n) is 1.72. The highest BCUT2D eigenvalue weighted by molar-refractivity contribution is 8.00. The smallest absolute Gasteiger partial charge is 0.318 e. The van der Waals surface area contributed by atoms with Crippen molar-refractivity contribution >= 4 is 17.7 Å². The molecule has 0 radical (unpaired) electrons. The van der Waals surface area contributed by atoms with Crippen molar-refractivity contribution < 1.29 is 9.53 Å². The molecule has 1 aromatic carbocycles. The lowest BCUT2D eigenvalue weighted by atomic mass is 10.2. The maximum Gasteiger partial charge on any atom is 0.318 e. The highest BCUT2D eigenvalue weighted by atomic mass is 32.2. The largest absolute Gasteiger partial charge is 0.468 e. The maximum absolute atomic E-state index is 11.5. The second kappa shape index (κ2) is 5.93. The first-order chi connectivity index (χ1) is 9.11. The quantitative estimate of drug-likeness (QED) is 0.636. The third-order valence-electron chi connectivity index (χ3n) is 2.70. The van der Waals surface area contributed by atoms with Crippen molar-refractivity contribution in [2.45, 2.75) is 24.3 Å². The number of ether oxygens (including phenoxy) is 1. The summed E-state index contributed by atoms with van der Waals surface area (Å²) < 4.78 is 6.70. The van der Waals surface area contributed by atoms with Crippen LogP contribution in [0.3, 0.4) is 0 Å². The van der Waals surface area contributed by atoms with E-state index in [2.05, 4.69) is 11.1 Å². The molecule has 0 amide bonds. The van der Waals surface area contributed by atoms with Gasteiger partial charge in [-0.05, 0) is 31.5 Å². The van der Waals surface area contributed by atoms with Gasteiger partial charge in [0, 0.05) is 18.1 Å². The van der Waals surface area contributed by atoms with E-state index in [4.69, 9.17) is 4.74 Å². The monoisotopic (exact) mass is 276 g/mol. The molecule has 0 saturated carbocycles. The van der Waals surface area contributed by atoms with Crippen LogP contribution in [-0.2, 0) is 9.53 Å². The standard InChI is InChI=1S/C14H16N2O2S/c1-10-5-4-6-12(9-10)16-8-7-15-14(16)19-11(2)13(17)18-3/h4-9,11H,1-3H3. The molecule has 5 heteroatoms. The lowest BCUT2D eigenvalue weighted by Gasteiger charge is -2.11. The summed E-state index contributed by atoms with van der Waals surface area (Å²) in [6.07, 6.45) is 3.62. The number of hydrogen-bond donors (Lipinski definition) is 0. The number of aromatic nitrogens is 2. The van der Waals surface area contributed by atoms with Crippen molar-refractivity contribution in [1.29, 1.82) is 0 Å². The van der Waals surface area contributed by atoms with Crippen LogP contribution in [-0.4, -0.2) is 27.9 Å². The molecule has 1 aromatic heterocycles. The summed E-state index contributed by atoms with van der Waals surface area (Å²) in [5.41, 5.74) is 2.22. The van der Waals surface area contributed by atoms with Crippen molar-refractivity contribution in [3.8, 4) is 5.69 Å². The Labute approximate surface area is 116 Å². The zero-order valence-electron chi connectivity index (χ0n) is 11.2. The van der Waals surface area contributed by atoms with E-state index in [-0.39, 0.29) is 11.2 Å². The number of rotatable bonds is 4. The molecule has 100 valence electrons. The molecule has 0 bridgehead atoms. The Morgan fingerprint density at radius 2 is 2.26 bits per heavy atom. The Hall–Kier alpha value is -1.75. The van der Waals surface area contributed by atoms with Crippen LogP contribution in [0.1, 0.15) is 12.5 Å². The van der Waals surface area contributed by atoms with Gasteiger partial charge in [0.15, 0.2) is 5.16 Å². The average Bonchev–Trinajstić information content (AvgIpc) is 2.85. The third kappa shape index (κ3) is 3.17. The molecule has 0 N–H and O–H groups in total. The first-order valence-electron chi connectivity index (χ1n) is 5.96. The molecule has 1 atom stereocenters. The van der Waals surface area contributed by atoms with Gasteiger partial charge in [0.1, 0.15) is 5.25 Å². The Morgan fingerprint density at radius 1 is 1.47 bits per heavy atom. The molecule has 4 nitrogen and oxygen atoms in total. The van der Waals surface area contributed by atoms with E-state index in [0.717, 1.165) is 10.8 Å². The van der Waals surface area contributed by atoms with E-state index in [1.165, 1.54) is 24.4 Å². The minimum absolute atomic E-state index is 0.246. The number of hydrogen-bond acceptors (Lipinski definition) is 4. The number of esters is 1. The molecule has 0 fully saturated rings. The van der Waals surface area contributed by atoms with Crippen LogP contribution in [0.25, 0.3) is 5.69 Å². The molecule has 0 aliphatic heterocycles. The van der Waals surface area contributed by atoms with Crippen molar-refractivity contribution in [3.05, 3.63) is 42.2 Å². The lowest BCUT2D eigenvalue weighted by molar-refractivity contribution is -0.139. The highest BCUT2D eigenvalue weighted by Gasteiger charge is 2.17. The predicted molar refractivity (Wildman–Crippen MR) is 75.6 cm³/mol. The molecule has 0 spiro atoms. The van der Waals surface area contributed by atoms with Gasteiger partial charge in [-0.1, -0.05) is 23.9 Å². The van der Waals surface area contributed by atoms with E-state index in [9.17, 15) is 4.79 Å². The summed E-state index contributed by atoms with van der Waals surface area (Å²) in [6, 6.07) is 8.14. The van der Waals surface area contributed by atoms with E-state index >= 15 is 0 Å². The van der Waals surface area contributed by atoms with Gasteiger partial charge in [-0.15, -0.1) is 0 Å². The summed E-state index contributed by atoms with van der Waals surface area (Å²) in [4.78, 5) is 15.8. The fourth-order valence-corrected chi connectivity index (χ4v) is 2.63. The fraction of sp³-hybridized carbons (Fsp3) is 0.286. The SMILES string of the molecule is COC(=O)C(C)Sc1nccn1-c1cccc(C)c1. The molecule has 2 aromatic rings. The van der Waals surface area contributed by atoms with E-state index in [0.29, 0.717) is 0 Å². The van der Waals surface area contributed by atoms with Crippen LogP contribution in [0.4, 0.5) is 0 Å². The number of thioether (sulfide) groups is 1. The maximum atomic E-state index is 11.5. The Balaban J connectivity index is 2.25. The van der Waals surface area contributed by atoms with Gasteiger partial charge in [0.05, 0.1) is 7.11 Å². The van der Waals surface area contributed by atoms with Gasteiger partial charge >= 0.3 is 5.97 Å². The summed E-state index contributed by atoms with van der Waals surface area (Å²) >= 11 is 1.39. The number of carbonyl (C=O) groups is 1. The highest BCUT2D eigenvalue weighted by Crippen LogP contribution is 2.25. The molecular weight excluding hydrogens is 260 g/mol. The number of carbonyl (C=O) groups excluding carboxylic acids is 1. The van der Waals surface area contributed by atoms with Gasteiger partial charge in [0.2, 0.25) is 0 Å². The van der Waals surface area contributed by atoms with Crippen LogP contribution >= 0.6 is 11.8 Å². The van der Waals surface area contributed by atoms with Gasteiger partial charge in [-0.3, -0.25) is 9.36 Å². The predicted octanol–water partition coefficient (Wildman–Crippen LogP) is 2.83. The first-order valence-corrected chi connectivity index (χ1v) is 6.84. The summed E-state index contributed by atoms with van der Waals surface area (Å²) in [5, 5.41) is 0.499. The summed E-state index contributed by atoms with van der Waals surface area (Å²) in [5.74, 6) is -0.246. The van der Waals surface area contributed by atoms with Gasteiger partial charge in [0.25, 0.3) is 0 Å². The summed E-state index contributed by atoms with van der Waals surface area (Å²) in [7, 11) is 1.40. The van der Waals surface area contributed by atoms with Crippen LogP contribution in [0.2, 0.25) is 0 Å². The zero-order chi connectivity index (χ0) is 13.8. The van der Waals surface area contributed by atoms with E-state index in [1.54, 1.807) is 6.20 Å². The Kier molecular flexibility index (Phi) is 4.27. The zero-order valence-corrected chi connectivity index (χ0v) is 12.0. The van der Waals surface area contributed by atoms with E-state index < -0.39 is 0 Å². The molecule has 2 rings (SSSR count). The average molecular weight is 276 g/mol. The third-order valence-corrected chi connectivity index (χ3v) is 3.76. The number of methoxy groups -OCH3 is 1. The molecule has 1 heterocycles. The van der Waals surface area contributed by atoms with Crippen LogP contribution in [0.5, 0.6) is 0 Å². The van der Waals surface area contributed by atoms with Crippen molar-refractivity contribution in [2.75, 3.05) is 7.11 Å². The Morgan fingerprint density at radius 3 is 2.95 bits per heavy atom. The van der Waals surface area contributed by atoms with E-state index in [1.807, 2.05) is 42.8 Å². The second-order valence-corrected chi connectivity index (χ2v) is 5.51. The van der Waals surface area contributed by atoms with Gasteiger partial charge < -0.3 is 4.74 Å². The van der Waals surface area contributed by atoms with Gasteiger partial charge in [-0.2, -0.15) is 0 Å². The van der Waals surface area contributed by atoms with Gasteiger partial charge in [-0.25, -0.2) is 4.98 Å². The van der Waals surface area contributed by atoms with Crippen LogP contribution < -0.4 is 0 Å². The minimum Gasteiger partial charge on any atom is -0.468 e. The Bertz CT molecular complexity index is 580. The number of nitrogens with zero attached hydrogens (tertiary/aromatic N) is 2. The molecule has 1 unspecified atom stereocenters. The van der Waals surface area contributed by atoms with Crippen LogP contribution in [0, 0.1) is 6.92 Å².